The number of aliphatic carboxylic acids is 1. The predicted molar refractivity (Wildman–Crippen MR) is 68.7 cm³/mol. The molecule has 0 fully saturated rings. The Bertz CT molecular complexity index is 544. The van der Waals surface area contributed by atoms with Gasteiger partial charge in [0.2, 0.25) is 4.93 Å². The maximum atomic E-state index is 11.9. The summed E-state index contributed by atoms with van der Waals surface area (Å²) in [6.45, 7) is -0.314. The van der Waals surface area contributed by atoms with E-state index in [1.165, 1.54) is 0 Å². The molecule has 114 valence electrons. The van der Waals surface area contributed by atoms with Crippen LogP contribution in [0.25, 0.3) is 0 Å². The second-order valence-corrected chi connectivity index (χ2v) is 9.35. The summed E-state index contributed by atoms with van der Waals surface area (Å²) in [6.07, 6.45) is 0.496. The van der Waals surface area contributed by atoms with Gasteiger partial charge < -0.3 is 9.59 Å². The number of quaternary nitrogens is 1. The molecular weight excluding hydrogens is 298 g/mol. The number of likely N-dealkylation sites (N-methyl/N-ethyl adjacent to an activating group) is 1. The van der Waals surface area contributed by atoms with Gasteiger partial charge in [-0.05, 0) is 0 Å². The standard InChI is InChI=1S/C9H19NO7S2/c1-10(2,3)7-9(6-8(11)12,18(4,13)14)17-19(5,15)16/h6-7H2,1-5H3/p+1/t9-/m1/s1. The second kappa shape index (κ2) is 5.35. The fraction of sp³-hybridized carbons (Fsp3) is 0.889. The van der Waals surface area contributed by atoms with Crippen molar-refractivity contribution in [3.8, 4) is 0 Å². The molecule has 0 rings (SSSR count). The lowest BCUT2D eigenvalue weighted by atomic mass is 10.2. The third-order valence-corrected chi connectivity index (χ3v) is 4.55. The van der Waals surface area contributed by atoms with Crippen molar-refractivity contribution < 1.29 is 35.4 Å². The molecule has 0 aliphatic heterocycles. The maximum Gasteiger partial charge on any atom is 0.307 e. The first-order valence-electron chi connectivity index (χ1n) is 5.20. The molecule has 0 aliphatic carbocycles. The maximum absolute atomic E-state index is 11.9. The predicted octanol–water partition coefficient (Wildman–Crippen LogP) is -1.12. The molecule has 0 aliphatic rings. The van der Waals surface area contributed by atoms with E-state index in [-0.39, 0.29) is 11.0 Å². The Balaban J connectivity index is 5.95. The van der Waals surface area contributed by atoms with E-state index >= 15 is 0 Å². The van der Waals surface area contributed by atoms with Crippen molar-refractivity contribution in [2.75, 3.05) is 40.2 Å². The van der Waals surface area contributed by atoms with Crippen LogP contribution in [0.1, 0.15) is 6.42 Å². The number of nitrogens with zero attached hydrogens (tertiary/aromatic N) is 1. The molecule has 0 heterocycles. The minimum atomic E-state index is -4.14. The van der Waals surface area contributed by atoms with Gasteiger partial charge in [0.1, 0.15) is 6.54 Å². The first-order valence-corrected chi connectivity index (χ1v) is 8.91. The average molecular weight is 318 g/mol. The lowest BCUT2D eigenvalue weighted by Crippen LogP contribution is -2.56. The zero-order chi connectivity index (χ0) is 15.7. The lowest BCUT2D eigenvalue weighted by molar-refractivity contribution is -0.874. The zero-order valence-electron chi connectivity index (χ0n) is 11.6. The van der Waals surface area contributed by atoms with E-state index < -0.39 is 37.3 Å². The molecule has 0 aromatic carbocycles. The van der Waals surface area contributed by atoms with E-state index in [9.17, 15) is 21.6 Å². The zero-order valence-corrected chi connectivity index (χ0v) is 13.2. The summed E-state index contributed by atoms with van der Waals surface area (Å²) in [5.74, 6) is -1.46. The molecule has 0 radical (unpaired) electrons. The Hall–Kier alpha value is -0.710. The third kappa shape index (κ3) is 6.32. The van der Waals surface area contributed by atoms with Crippen LogP contribution in [0.3, 0.4) is 0 Å². The van der Waals surface area contributed by atoms with Crippen molar-refractivity contribution in [2.24, 2.45) is 0 Å². The number of rotatable bonds is 7. The highest BCUT2D eigenvalue weighted by Crippen LogP contribution is 2.28. The molecular formula is C9H20NO7S2+. The summed E-state index contributed by atoms with van der Waals surface area (Å²) >= 11 is 0. The number of sulfone groups is 1. The summed E-state index contributed by atoms with van der Waals surface area (Å²) < 4.78 is 51.0. The SMILES string of the molecule is C[N+](C)(C)C[C@](CC(=O)O)(OS(C)(=O)=O)S(C)(=O)=O. The van der Waals surface area contributed by atoms with Gasteiger partial charge in [0, 0.05) is 6.26 Å². The Labute approximate surface area is 113 Å². The van der Waals surface area contributed by atoms with Crippen LogP contribution in [0, 0.1) is 0 Å². The van der Waals surface area contributed by atoms with E-state index in [1.54, 1.807) is 21.1 Å². The number of hydrogen-bond donors (Lipinski definition) is 1. The van der Waals surface area contributed by atoms with Gasteiger partial charge in [-0.1, -0.05) is 0 Å². The Morgan fingerprint density at radius 1 is 1.16 bits per heavy atom. The van der Waals surface area contributed by atoms with Gasteiger partial charge in [-0.3, -0.25) is 4.79 Å². The quantitative estimate of drug-likeness (QED) is 0.467. The van der Waals surface area contributed by atoms with Crippen LogP contribution in [0.4, 0.5) is 0 Å². The molecule has 10 heteroatoms. The Morgan fingerprint density at radius 3 is 1.79 bits per heavy atom. The first-order chi connectivity index (χ1) is 8.08. The van der Waals surface area contributed by atoms with Gasteiger partial charge in [0.05, 0.1) is 33.8 Å². The van der Waals surface area contributed by atoms with Crippen LogP contribution in [0.15, 0.2) is 0 Å². The summed E-state index contributed by atoms with van der Waals surface area (Å²) in [5.41, 5.74) is 0. The van der Waals surface area contributed by atoms with Gasteiger partial charge >= 0.3 is 5.97 Å². The molecule has 0 saturated carbocycles. The fourth-order valence-electron chi connectivity index (χ4n) is 1.65. The van der Waals surface area contributed by atoms with Crippen molar-refractivity contribution in [1.29, 1.82) is 0 Å². The molecule has 0 saturated heterocycles. The minimum Gasteiger partial charge on any atom is -0.481 e. The van der Waals surface area contributed by atoms with E-state index in [1.807, 2.05) is 0 Å². The summed E-state index contributed by atoms with van der Waals surface area (Å²) in [6, 6.07) is 0. The smallest absolute Gasteiger partial charge is 0.307 e. The van der Waals surface area contributed by atoms with Gasteiger partial charge in [0.25, 0.3) is 10.1 Å². The van der Waals surface area contributed by atoms with Crippen LogP contribution < -0.4 is 0 Å². The summed E-state index contributed by atoms with van der Waals surface area (Å²) in [5, 5.41) is 8.86. The molecule has 8 nitrogen and oxygen atoms in total. The van der Waals surface area contributed by atoms with E-state index in [4.69, 9.17) is 5.11 Å². The van der Waals surface area contributed by atoms with Crippen molar-refractivity contribution >= 4 is 25.9 Å². The average Bonchev–Trinajstić information content (AvgIpc) is 1.91. The van der Waals surface area contributed by atoms with Crippen LogP contribution in [-0.4, -0.2) is 77.5 Å². The highest BCUT2D eigenvalue weighted by molar-refractivity contribution is 7.93. The van der Waals surface area contributed by atoms with Crippen molar-refractivity contribution in [3.05, 3.63) is 0 Å². The monoisotopic (exact) mass is 318 g/mol. The van der Waals surface area contributed by atoms with Gasteiger partial charge in [-0.15, -0.1) is 0 Å². The molecule has 0 spiro atoms. The number of hydrogen-bond acceptors (Lipinski definition) is 6. The topological polar surface area (TPSA) is 115 Å². The number of carboxylic acid groups (broad SMARTS) is 1. The van der Waals surface area contributed by atoms with Gasteiger partial charge in [0.15, 0.2) is 9.84 Å². The van der Waals surface area contributed by atoms with Crippen molar-refractivity contribution in [1.82, 2.24) is 0 Å². The molecule has 1 N–H and O–H groups in total. The van der Waals surface area contributed by atoms with Gasteiger partial charge in [-0.2, -0.15) is 8.42 Å². The van der Waals surface area contributed by atoms with Crippen LogP contribution in [0.2, 0.25) is 0 Å². The molecule has 0 aromatic heterocycles. The second-order valence-electron chi connectivity index (χ2n) is 5.49. The Kier molecular flexibility index (Phi) is 5.15. The van der Waals surface area contributed by atoms with Crippen LogP contribution in [0.5, 0.6) is 0 Å². The summed E-state index contributed by atoms with van der Waals surface area (Å²) in [4.78, 5) is 8.57. The van der Waals surface area contributed by atoms with E-state index in [0.29, 0.717) is 6.26 Å². The minimum absolute atomic E-state index is 0.0237. The highest BCUT2D eigenvalue weighted by Gasteiger charge is 2.51. The van der Waals surface area contributed by atoms with Gasteiger partial charge in [-0.25, -0.2) is 12.6 Å². The molecule has 1 atom stereocenters. The van der Waals surface area contributed by atoms with Crippen LogP contribution in [-0.2, 0) is 28.9 Å². The molecule has 19 heavy (non-hydrogen) atoms. The van der Waals surface area contributed by atoms with E-state index in [2.05, 4.69) is 4.18 Å². The van der Waals surface area contributed by atoms with Crippen molar-refractivity contribution in [2.45, 2.75) is 11.4 Å². The molecule has 0 amide bonds. The number of carboxylic acids is 1. The highest BCUT2D eigenvalue weighted by atomic mass is 32.2. The first kappa shape index (κ1) is 18.3. The summed E-state index contributed by atoms with van der Waals surface area (Å²) in [7, 11) is -3.41. The van der Waals surface area contributed by atoms with Crippen molar-refractivity contribution in [3.63, 3.8) is 0 Å². The Morgan fingerprint density at radius 2 is 1.58 bits per heavy atom. The van der Waals surface area contributed by atoms with E-state index in [0.717, 1.165) is 6.26 Å². The van der Waals surface area contributed by atoms with Crippen LogP contribution >= 0.6 is 0 Å². The fourth-order valence-corrected chi connectivity index (χ4v) is 4.19. The largest absolute Gasteiger partial charge is 0.481 e. The number of carbonyl (C=O) groups is 1. The normalized spacial score (nSPS) is 16.9. The third-order valence-electron chi connectivity index (χ3n) is 2.11. The molecule has 0 bridgehead atoms. The molecule has 0 unspecified atom stereocenters. The molecule has 0 aromatic rings. The lowest BCUT2D eigenvalue weighted by Gasteiger charge is -2.35.